The summed E-state index contributed by atoms with van der Waals surface area (Å²) in [5.41, 5.74) is 2.26. The van der Waals surface area contributed by atoms with Gasteiger partial charge in [-0.05, 0) is 18.3 Å². The van der Waals surface area contributed by atoms with Gasteiger partial charge >= 0.3 is 0 Å². The van der Waals surface area contributed by atoms with Crippen LogP contribution in [-0.4, -0.2) is 29.7 Å². The molecule has 2 unspecified atom stereocenters. The van der Waals surface area contributed by atoms with E-state index in [2.05, 4.69) is 26.1 Å². The predicted molar refractivity (Wildman–Crippen MR) is 91.8 cm³/mol. The van der Waals surface area contributed by atoms with Crippen LogP contribution in [0.2, 0.25) is 0 Å². The van der Waals surface area contributed by atoms with Gasteiger partial charge in [0.25, 0.3) is 0 Å². The molecule has 2 aliphatic carbocycles. The van der Waals surface area contributed by atoms with Gasteiger partial charge in [0.2, 0.25) is 12.7 Å². The lowest BCUT2D eigenvalue weighted by molar-refractivity contribution is -0.129. The lowest BCUT2D eigenvalue weighted by atomic mass is 9.63. The van der Waals surface area contributed by atoms with Crippen LogP contribution in [0.15, 0.2) is 12.1 Å². The maximum absolute atomic E-state index is 13.0. The zero-order valence-electron chi connectivity index (χ0n) is 14.9. The van der Waals surface area contributed by atoms with Crippen LogP contribution in [0.25, 0.3) is 11.0 Å². The van der Waals surface area contributed by atoms with Crippen molar-refractivity contribution in [1.29, 1.82) is 0 Å². The average molecular weight is 339 g/mol. The molecule has 130 valence electrons. The van der Waals surface area contributed by atoms with Gasteiger partial charge in [-0.25, -0.2) is 9.97 Å². The van der Waals surface area contributed by atoms with Crippen molar-refractivity contribution in [2.45, 2.75) is 44.4 Å². The number of nitrogens with one attached hydrogen (secondary N) is 1. The molecule has 1 saturated carbocycles. The molecule has 2 bridgehead atoms. The second-order valence-electron chi connectivity index (χ2n) is 8.06. The first-order valence-electron chi connectivity index (χ1n) is 8.70. The highest BCUT2D eigenvalue weighted by Gasteiger charge is 2.73. The first kappa shape index (κ1) is 14.9. The van der Waals surface area contributed by atoms with Crippen molar-refractivity contribution in [3.05, 3.63) is 23.5 Å². The SMILES string of the molecule is CNC(=O)C12CCC(C)(c3nc4cc5c(cc4nc31)OCO5)C2(C)C. The zero-order valence-corrected chi connectivity index (χ0v) is 14.9. The molecule has 25 heavy (non-hydrogen) atoms. The first-order chi connectivity index (χ1) is 11.8. The Kier molecular flexibility index (Phi) is 2.53. The van der Waals surface area contributed by atoms with Gasteiger partial charge in [-0.3, -0.25) is 4.79 Å². The number of rotatable bonds is 1. The Bertz CT molecular complexity index is 955. The van der Waals surface area contributed by atoms with E-state index in [0.717, 1.165) is 35.3 Å². The molecule has 0 spiro atoms. The van der Waals surface area contributed by atoms with Gasteiger partial charge in [-0.15, -0.1) is 0 Å². The fourth-order valence-corrected chi connectivity index (χ4v) is 5.21. The Morgan fingerprint density at radius 1 is 1.04 bits per heavy atom. The summed E-state index contributed by atoms with van der Waals surface area (Å²) in [5.74, 6) is 1.43. The smallest absolute Gasteiger partial charge is 0.232 e. The third-order valence-corrected chi connectivity index (χ3v) is 7.15. The van der Waals surface area contributed by atoms with E-state index in [-0.39, 0.29) is 23.5 Å². The van der Waals surface area contributed by atoms with Gasteiger partial charge in [-0.2, -0.15) is 0 Å². The normalized spacial score (nSPS) is 30.6. The molecule has 5 rings (SSSR count). The topological polar surface area (TPSA) is 73.3 Å². The van der Waals surface area contributed by atoms with Crippen molar-refractivity contribution in [1.82, 2.24) is 15.3 Å². The van der Waals surface area contributed by atoms with Crippen molar-refractivity contribution in [2.75, 3.05) is 13.8 Å². The molecule has 6 heteroatoms. The monoisotopic (exact) mass is 339 g/mol. The second-order valence-corrected chi connectivity index (χ2v) is 8.06. The van der Waals surface area contributed by atoms with Crippen LogP contribution in [0.3, 0.4) is 0 Å². The quantitative estimate of drug-likeness (QED) is 0.864. The molecule has 6 nitrogen and oxygen atoms in total. The summed E-state index contributed by atoms with van der Waals surface area (Å²) in [4.78, 5) is 22.9. The highest BCUT2D eigenvalue weighted by Crippen LogP contribution is 2.70. The number of ether oxygens (including phenoxy) is 2. The third-order valence-electron chi connectivity index (χ3n) is 7.15. The second kappa shape index (κ2) is 4.23. The minimum Gasteiger partial charge on any atom is -0.454 e. The van der Waals surface area contributed by atoms with E-state index in [1.807, 2.05) is 12.1 Å². The molecule has 1 aromatic carbocycles. The van der Waals surface area contributed by atoms with Crippen LogP contribution in [0.5, 0.6) is 11.5 Å². The Labute approximate surface area is 145 Å². The summed E-state index contributed by atoms with van der Waals surface area (Å²) in [6.45, 7) is 6.79. The summed E-state index contributed by atoms with van der Waals surface area (Å²) in [7, 11) is 1.70. The average Bonchev–Trinajstić information content (AvgIpc) is 3.16. The molecule has 2 aromatic rings. The molecule has 1 amide bonds. The van der Waals surface area contributed by atoms with Gasteiger partial charge in [0.1, 0.15) is 0 Å². The summed E-state index contributed by atoms with van der Waals surface area (Å²) >= 11 is 0. The summed E-state index contributed by atoms with van der Waals surface area (Å²) in [5, 5.41) is 2.88. The molecule has 1 N–H and O–H groups in total. The fourth-order valence-electron chi connectivity index (χ4n) is 5.21. The van der Waals surface area contributed by atoms with E-state index in [9.17, 15) is 4.79 Å². The Morgan fingerprint density at radius 2 is 1.64 bits per heavy atom. The van der Waals surface area contributed by atoms with Crippen molar-refractivity contribution in [3.8, 4) is 11.5 Å². The Balaban J connectivity index is 1.85. The van der Waals surface area contributed by atoms with Crippen LogP contribution in [0, 0.1) is 5.41 Å². The number of amides is 1. The minimum absolute atomic E-state index is 0.0365. The Hall–Kier alpha value is -2.37. The minimum atomic E-state index is -0.636. The van der Waals surface area contributed by atoms with Gasteiger partial charge in [0, 0.05) is 24.6 Å². The molecule has 1 aliphatic heterocycles. The maximum atomic E-state index is 13.0. The lowest BCUT2D eigenvalue weighted by Crippen LogP contribution is -2.50. The summed E-state index contributed by atoms with van der Waals surface area (Å²) < 4.78 is 10.9. The van der Waals surface area contributed by atoms with Crippen LogP contribution >= 0.6 is 0 Å². The number of carbonyl (C=O) groups is 1. The molecular formula is C19H21N3O3. The van der Waals surface area contributed by atoms with Crippen molar-refractivity contribution < 1.29 is 14.3 Å². The van der Waals surface area contributed by atoms with Crippen LogP contribution in [0.4, 0.5) is 0 Å². The van der Waals surface area contributed by atoms with E-state index in [4.69, 9.17) is 19.4 Å². The van der Waals surface area contributed by atoms with Crippen molar-refractivity contribution in [3.63, 3.8) is 0 Å². The van der Waals surface area contributed by atoms with Crippen molar-refractivity contribution >= 4 is 16.9 Å². The summed E-state index contributed by atoms with van der Waals surface area (Å²) in [6, 6.07) is 3.75. The molecule has 2 atom stereocenters. The highest BCUT2D eigenvalue weighted by molar-refractivity contribution is 5.93. The maximum Gasteiger partial charge on any atom is 0.232 e. The molecule has 3 aliphatic rings. The highest BCUT2D eigenvalue weighted by atomic mass is 16.7. The predicted octanol–water partition coefficient (Wildman–Crippen LogP) is 2.43. The lowest BCUT2D eigenvalue weighted by Gasteiger charge is -2.39. The number of nitrogens with zero attached hydrogens (tertiary/aromatic N) is 2. The number of aromatic nitrogens is 2. The number of hydrogen-bond acceptors (Lipinski definition) is 5. The number of carbonyl (C=O) groups excluding carboxylic acids is 1. The first-order valence-corrected chi connectivity index (χ1v) is 8.70. The number of fused-ring (bicyclic) bond motifs is 7. The standard InChI is InChI=1S/C19H21N3O3/c1-17(2)18(3)5-6-19(17,16(23)20-4)15-14(18)21-10-7-12-13(25-9-24-12)8-11(10)22-15/h7-8H,5-6,9H2,1-4H3,(H,20,23). The molecule has 1 fully saturated rings. The number of hydrogen-bond donors (Lipinski definition) is 1. The molecular weight excluding hydrogens is 318 g/mol. The van der Waals surface area contributed by atoms with Gasteiger partial charge in [0.05, 0.1) is 27.8 Å². The van der Waals surface area contributed by atoms with Crippen molar-refractivity contribution in [2.24, 2.45) is 5.41 Å². The van der Waals surface area contributed by atoms with E-state index in [1.165, 1.54) is 0 Å². The Morgan fingerprint density at radius 3 is 2.24 bits per heavy atom. The van der Waals surface area contributed by atoms with Crippen LogP contribution < -0.4 is 14.8 Å². The summed E-state index contributed by atoms with van der Waals surface area (Å²) in [6.07, 6.45) is 1.74. The molecule has 0 saturated heterocycles. The number of benzene rings is 1. The van der Waals surface area contributed by atoms with E-state index < -0.39 is 5.41 Å². The molecule has 0 radical (unpaired) electrons. The molecule has 2 heterocycles. The molecule has 1 aromatic heterocycles. The van der Waals surface area contributed by atoms with E-state index in [0.29, 0.717) is 11.5 Å². The fraction of sp³-hybridized carbons (Fsp3) is 0.526. The zero-order chi connectivity index (χ0) is 17.6. The van der Waals surface area contributed by atoms with Gasteiger partial charge in [0.15, 0.2) is 11.5 Å². The third kappa shape index (κ3) is 1.42. The van der Waals surface area contributed by atoms with Crippen LogP contribution in [0.1, 0.15) is 45.0 Å². The van der Waals surface area contributed by atoms with Gasteiger partial charge < -0.3 is 14.8 Å². The van der Waals surface area contributed by atoms with E-state index >= 15 is 0 Å². The van der Waals surface area contributed by atoms with Gasteiger partial charge in [-0.1, -0.05) is 20.8 Å². The number of likely N-dealkylation sites (N-methyl/N-ethyl adjacent to an activating group) is 1. The largest absolute Gasteiger partial charge is 0.454 e. The van der Waals surface area contributed by atoms with E-state index in [1.54, 1.807) is 7.05 Å². The van der Waals surface area contributed by atoms with Crippen LogP contribution in [-0.2, 0) is 15.6 Å².